The first kappa shape index (κ1) is 13.4. The quantitative estimate of drug-likeness (QED) is 0.796. The average molecular weight is 274 g/mol. The molecule has 1 aliphatic rings. The predicted octanol–water partition coefficient (Wildman–Crippen LogP) is 1.60. The number of likely N-dealkylation sites (tertiary alicyclic amines) is 1. The molecule has 1 saturated heterocycles. The number of aromatic amines is 2. The minimum Gasteiger partial charge on any atom is -0.307 e. The summed E-state index contributed by atoms with van der Waals surface area (Å²) in [4.78, 5) is 19.3. The Kier molecular flexibility index (Phi) is 3.63. The lowest BCUT2D eigenvalue weighted by atomic mass is 10.0. The van der Waals surface area contributed by atoms with Crippen molar-refractivity contribution in [2.75, 3.05) is 20.1 Å². The van der Waals surface area contributed by atoms with Crippen LogP contribution in [0.15, 0.2) is 23.0 Å². The lowest BCUT2D eigenvalue weighted by molar-refractivity contribution is 0.226. The molecule has 1 fully saturated rings. The van der Waals surface area contributed by atoms with Crippen molar-refractivity contribution in [3.63, 3.8) is 0 Å². The molecule has 1 aromatic carbocycles. The highest BCUT2D eigenvalue weighted by molar-refractivity contribution is 5.75. The van der Waals surface area contributed by atoms with Crippen molar-refractivity contribution in [1.29, 1.82) is 0 Å². The molecular formula is C15H22N4O. The molecule has 20 heavy (non-hydrogen) atoms. The zero-order chi connectivity index (χ0) is 14.1. The molecule has 1 unspecified atom stereocenters. The third-order valence-corrected chi connectivity index (χ3v) is 4.24. The lowest BCUT2D eigenvalue weighted by Gasteiger charge is -2.31. The van der Waals surface area contributed by atoms with Crippen LogP contribution in [-0.2, 0) is 0 Å². The Morgan fingerprint density at radius 3 is 2.70 bits per heavy atom. The molecule has 5 heteroatoms. The Hall–Kier alpha value is -1.59. The van der Waals surface area contributed by atoms with Crippen molar-refractivity contribution in [3.05, 3.63) is 34.2 Å². The van der Waals surface area contributed by atoms with Gasteiger partial charge in [0, 0.05) is 12.1 Å². The fourth-order valence-electron chi connectivity index (χ4n) is 2.94. The van der Waals surface area contributed by atoms with Crippen LogP contribution in [0, 0.1) is 0 Å². The highest BCUT2D eigenvalue weighted by Gasteiger charge is 2.18. The molecule has 1 atom stereocenters. The van der Waals surface area contributed by atoms with Crippen molar-refractivity contribution < 1.29 is 0 Å². The Morgan fingerprint density at radius 2 is 1.95 bits per heavy atom. The molecule has 108 valence electrons. The van der Waals surface area contributed by atoms with Gasteiger partial charge in [-0.1, -0.05) is 6.07 Å². The van der Waals surface area contributed by atoms with E-state index in [0.29, 0.717) is 12.1 Å². The van der Waals surface area contributed by atoms with Gasteiger partial charge in [0.2, 0.25) is 0 Å². The van der Waals surface area contributed by atoms with Gasteiger partial charge in [-0.25, -0.2) is 4.79 Å². The number of H-pyrrole nitrogens is 2. The fraction of sp³-hybridized carbons (Fsp3) is 0.533. The second-order valence-electron chi connectivity index (χ2n) is 5.85. The molecule has 2 aromatic rings. The Balaban J connectivity index is 1.71. The maximum atomic E-state index is 11.3. The Morgan fingerprint density at radius 1 is 1.25 bits per heavy atom. The van der Waals surface area contributed by atoms with E-state index in [2.05, 4.69) is 46.3 Å². The van der Waals surface area contributed by atoms with Crippen LogP contribution in [0.4, 0.5) is 0 Å². The van der Waals surface area contributed by atoms with Crippen molar-refractivity contribution in [2.24, 2.45) is 0 Å². The van der Waals surface area contributed by atoms with Gasteiger partial charge in [0.1, 0.15) is 0 Å². The number of fused-ring (bicyclic) bond motifs is 1. The number of hydrogen-bond donors (Lipinski definition) is 3. The standard InChI is InChI=1S/C15H22N4O/c1-10(16-12-5-7-19(2)8-6-12)11-3-4-13-14(9-11)18-15(20)17-13/h3-4,9-10,12,16H,5-8H2,1-2H3,(H2,17,18,20). The summed E-state index contributed by atoms with van der Waals surface area (Å²) < 4.78 is 0. The van der Waals surface area contributed by atoms with Crippen LogP contribution in [0.25, 0.3) is 11.0 Å². The number of piperidine rings is 1. The molecule has 3 N–H and O–H groups in total. The molecule has 1 aromatic heterocycles. The summed E-state index contributed by atoms with van der Waals surface area (Å²) in [5, 5.41) is 3.70. The summed E-state index contributed by atoms with van der Waals surface area (Å²) in [5.74, 6) is 0. The number of nitrogens with one attached hydrogen (secondary N) is 3. The number of nitrogens with zero attached hydrogens (tertiary/aromatic N) is 1. The number of aromatic nitrogens is 2. The Labute approximate surface area is 118 Å². The molecule has 5 nitrogen and oxygen atoms in total. The van der Waals surface area contributed by atoms with Gasteiger partial charge < -0.3 is 20.2 Å². The summed E-state index contributed by atoms with van der Waals surface area (Å²) in [6.07, 6.45) is 2.40. The van der Waals surface area contributed by atoms with Gasteiger partial charge in [-0.05, 0) is 57.6 Å². The normalized spacial score (nSPS) is 19.5. The largest absolute Gasteiger partial charge is 0.323 e. The average Bonchev–Trinajstić information content (AvgIpc) is 2.80. The van der Waals surface area contributed by atoms with Crippen molar-refractivity contribution in [3.8, 4) is 0 Å². The van der Waals surface area contributed by atoms with E-state index in [1.54, 1.807) is 0 Å². The minimum absolute atomic E-state index is 0.145. The van der Waals surface area contributed by atoms with Crippen LogP contribution < -0.4 is 11.0 Å². The van der Waals surface area contributed by atoms with Crippen LogP contribution in [0.5, 0.6) is 0 Å². The minimum atomic E-state index is -0.145. The fourth-order valence-corrected chi connectivity index (χ4v) is 2.94. The first-order valence-electron chi connectivity index (χ1n) is 7.28. The van der Waals surface area contributed by atoms with Crippen molar-refractivity contribution >= 4 is 11.0 Å². The van der Waals surface area contributed by atoms with Crippen molar-refractivity contribution in [2.45, 2.75) is 31.8 Å². The summed E-state index contributed by atoms with van der Waals surface area (Å²) in [7, 11) is 2.18. The second kappa shape index (κ2) is 5.42. The number of imidazole rings is 1. The van der Waals surface area contributed by atoms with E-state index in [1.165, 1.54) is 18.4 Å². The SMILES string of the molecule is CC(NC1CCN(C)CC1)c1ccc2[nH]c(=O)[nH]c2c1. The smallest absolute Gasteiger partial charge is 0.307 e. The third kappa shape index (κ3) is 2.78. The molecule has 2 heterocycles. The van der Waals surface area contributed by atoms with Gasteiger partial charge >= 0.3 is 5.69 Å². The van der Waals surface area contributed by atoms with Crippen LogP contribution >= 0.6 is 0 Å². The van der Waals surface area contributed by atoms with Gasteiger partial charge in [-0.3, -0.25) is 0 Å². The van der Waals surface area contributed by atoms with Gasteiger partial charge in [-0.15, -0.1) is 0 Å². The number of benzene rings is 1. The first-order valence-corrected chi connectivity index (χ1v) is 7.28. The zero-order valence-corrected chi connectivity index (χ0v) is 12.1. The highest BCUT2D eigenvalue weighted by Crippen LogP contribution is 2.19. The van der Waals surface area contributed by atoms with Gasteiger partial charge in [-0.2, -0.15) is 0 Å². The topological polar surface area (TPSA) is 63.9 Å². The molecule has 0 bridgehead atoms. The summed E-state index contributed by atoms with van der Waals surface area (Å²) in [6.45, 7) is 4.51. The van der Waals surface area contributed by atoms with E-state index < -0.39 is 0 Å². The van der Waals surface area contributed by atoms with E-state index in [9.17, 15) is 4.79 Å². The number of hydrogen-bond acceptors (Lipinski definition) is 3. The van der Waals surface area contributed by atoms with E-state index in [4.69, 9.17) is 0 Å². The van der Waals surface area contributed by atoms with E-state index in [0.717, 1.165) is 24.1 Å². The summed E-state index contributed by atoms with van der Waals surface area (Å²) >= 11 is 0. The van der Waals surface area contributed by atoms with E-state index >= 15 is 0 Å². The number of rotatable bonds is 3. The van der Waals surface area contributed by atoms with E-state index in [1.807, 2.05) is 6.07 Å². The van der Waals surface area contributed by atoms with Gasteiger partial charge in [0.25, 0.3) is 0 Å². The third-order valence-electron chi connectivity index (χ3n) is 4.24. The maximum absolute atomic E-state index is 11.3. The summed E-state index contributed by atoms with van der Waals surface area (Å²) in [5.41, 5.74) is 2.81. The maximum Gasteiger partial charge on any atom is 0.323 e. The zero-order valence-electron chi connectivity index (χ0n) is 12.1. The van der Waals surface area contributed by atoms with E-state index in [-0.39, 0.29) is 5.69 Å². The van der Waals surface area contributed by atoms with Crippen molar-refractivity contribution in [1.82, 2.24) is 20.2 Å². The molecule has 1 aliphatic heterocycles. The van der Waals surface area contributed by atoms with Gasteiger partial charge in [0.15, 0.2) is 0 Å². The molecule has 0 saturated carbocycles. The van der Waals surface area contributed by atoms with Gasteiger partial charge in [0.05, 0.1) is 11.0 Å². The van der Waals surface area contributed by atoms with Crippen LogP contribution in [0.2, 0.25) is 0 Å². The molecule has 0 spiro atoms. The Bertz CT molecular complexity index is 637. The van der Waals surface area contributed by atoms with Crippen LogP contribution in [0.1, 0.15) is 31.4 Å². The molecule has 0 radical (unpaired) electrons. The molecule has 0 amide bonds. The lowest BCUT2D eigenvalue weighted by Crippen LogP contribution is -2.41. The molecule has 0 aliphatic carbocycles. The molecule has 3 rings (SSSR count). The monoisotopic (exact) mass is 274 g/mol. The summed E-state index contributed by atoms with van der Waals surface area (Å²) in [6, 6.07) is 6.99. The first-order chi connectivity index (χ1) is 9.61. The predicted molar refractivity (Wildman–Crippen MR) is 81.0 cm³/mol. The van der Waals surface area contributed by atoms with Crippen LogP contribution in [0.3, 0.4) is 0 Å². The highest BCUT2D eigenvalue weighted by atomic mass is 16.1. The second-order valence-corrected chi connectivity index (χ2v) is 5.85. The molecular weight excluding hydrogens is 252 g/mol. The van der Waals surface area contributed by atoms with Crippen LogP contribution in [-0.4, -0.2) is 41.0 Å².